The maximum absolute atomic E-state index is 12.2. The van der Waals surface area contributed by atoms with E-state index in [-0.39, 0.29) is 10.5 Å². The molecule has 2 rings (SSSR count). The van der Waals surface area contributed by atoms with E-state index in [1.807, 2.05) is 0 Å². The number of carboxylic acid groups (broad SMARTS) is 1. The summed E-state index contributed by atoms with van der Waals surface area (Å²) >= 11 is 7.66. The van der Waals surface area contributed by atoms with Crippen LogP contribution in [0, 0.1) is 0 Å². The summed E-state index contributed by atoms with van der Waals surface area (Å²) in [5, 5.41) is 8.78. The van der Waals surface area contributed by atoms with Crippen molar-refractivity contribution < 1.29 is 18.3 Å². The molecule has 0 saturated heterocycles. The molecule has 0 saturated carbocycles. The van der Waals surface area contributed by atoms with E-state index >= 15 is 0 Å². The zero-order valence-electron chi connectivity index (χ0n) is 9.63. The third-order valence-corrected chi connectivity index (χ3v) is 6.44. The van der Waals surface area contributed by atoms with Crippen LogP contribution in [-0.2, 0) is 10.0 Å². The number of halogens is 2. The Hall–Kier alpha value is -0.900. The SMILES string of the molecule is O=C(O)c1ccc(NS(=O)(=O)c2cc(Br)sc2Br)cc1. The van der Waals surface area contributed by atoms with Gasteiger partial charge in [0.1, 0.15) is 4.90 Å². The van der Waals surface area contributed by atoms with Crippen molar-refractivity contribution in [3.05, 3.63) is 43.5 Å². The molecule has 0 spiro atoms. The van der Waals surface area contributed by atoms with Gasteiger partial charge in [-0.3, -0.25) is 4.72 Å². The minimum atomic E-state index is -3.72. The van der Waals surface area contributed by atoms with Gasteiger partial charge in [0.25, 0.3) is 10.0 Å². The van der Waals surface area contributed by atoms with Crippen LogP contribution < -0.4 is 4.72 Å². The number of hydrogen-bond donors (Lipinski definition) is 2. The highest BCUT2D eigenvalue weighted by atomic mass is 79.9. The molecule has 0 atom stereocenters. The quantitative estimate of drug-likeness (QED) is 0.757. The second kappa shape index (κ2) is 5.84. The van der Waals surface area contributed by atoms with Crippen molar-refractivity contribution >= 4 is 64.9 Å². The van der Waals surface area contributed by atoms with Crippen LogP contribution in [0.5, 0.6) is 0 Å². The molecule has 1 aromatic heterocycles. The summed E-state index contributed by atoms with van der Waals surface area (Å²) in [6.07, 6.45) is 0. The first-order valence-corrected chi connectivity index (χ1v) is 8.99. The lowest BCUT2D eigenvalue weighted by Crippen LogP contribution is -2.12. The Balaban J connectivity index is 2.28. The molecule has 1 aromatic carbocycles. The molecule has 5 nitrogen and oxygen atoms in total. The van der Waals surface area contributed by atoms with Crippen LogP contribution in [0.2, 0.25) is 0 Å². The molecule has 106 valence electrons. The van der Waals surface area contributed by atoms with Gasteiger partial charge < -0.3 is 5.11 Å². The van der Waals surface area contributed by atoms with Crippen molar-refractivity contribution in [3.63, 3.8) is 0 Å². The minimum Gasteiger partial charge on any atom is -0.478 e. The number of rotatable bonds is 4. The van der Waals surface area contributed by atoms with Gasteiger partial charge in [0, 0.05) is 5.69 Å². The molecule has 0 unspecified atom stereocenters. The first kappa shape index (κ1) is 15.5. The van der Waals surface area contributed by atoms with Crippen LogP contribution in [0.4, 0.5) is 5.69 Å². The fourth-order valence-electron chi connectivity index (χ4n) is 1.40. The predicted octanol–water partition coefficient (Wildman–Crippen LogP) is 3.77. The summed E-state index contributed by atoms with van der Waals surface area (Å²) in [5.74, 6) is -1.07. The summed E-state index contributed by atoms with van der Waals surface area (Å²) < 4.78 is 27.9. The van der Waals surface area contributed by atoms with Crippen LogP contribution in [0.25, 0.3) is 0 Å². The van der Waals surface area contributed by atoms with E-state index in [2.05, 4.69) is 36.6 Å². The summed E-state index contributed by atoms with van der Waals surface area (Å²) in [4.78, 5) is 10.8. The number of nitrogens with one attached hydrogen (secondary N) is 1. The van der Waals surface area contributed by atoms with Crippen molar-refractivity contribution in [3.8, 4) is 0 Å². The van der Waals surface area contributed by atoms with Gasteiger partial charge >= 0.3 is 5.97 Å². The number of carboxylic acids is 1. The average Bonchev–Trinajstić information content (AvgIpc) is 2.69. The minimum absolute atomic E-state index is 0.0902. The van der Waals surface area contributed by atoms with E-state index in [9.17, 15) is 13.2 Å². The smallest absolute Gasteiger partial charge is 0.335 e. The molecule has 9 heteroatoms. The van der Waals surface area contributed by atoms with E-state index in [0.717, 1.165) is 0 Å². The Morgan fingerprint density at radius 1 is 1.20 bits per heavy atom. The topological polar surface area (TPSA) is 83.5 Å². The Bertz CT molecular complexity index is 753. The molecule has 1 heterocycles. The number of aromatic carboxylic acids is 1. The van der Waals surface area contributed by atoms with Crippen molar-refractivity contribution in [1.29, 1.82) is 0 Å². The standard InChI is InChI=1S/C11H7Br2NO4S2/c12-9-5-8(10(13)19-9)20(17,18)14-7-3-1-6(2-4-7)11(15)16/h1-5,14H,(H,15,16). The van der Waals surface area contributed by atoms with Gasteiger partial charge in [-0.1, -0.05) is 0 Å². The monoisotopic (exact) mass is 439 g/mol. The van der Waals surface area contributed by atoms with Crippen molar-refractivity contribution in [2.45, 2.75) is 4.90 Å². The van der Waals surface area contributed by atoms with Crippen molar-refractivity contribution in [2.24, 2.45) is 0 Å². The molecule has 0 aliphatic rings. The summed E-state index contributed by atoms with van der Waals surface area (Å²) in [6.45, 7) is 0. The lowest BCUT2D eigenvalue weighted by Gasteiger charge is -2.07. The molecule has 0 aliphatic heterocycles. The van der Waals surface area contributed by atoms with Crippen molar-refractivity contribution in [1.82, 2.24) is 0 Å². The second-order valence-electron chi connectivity index (χ2n) is 3.68. The van der Waals surface area contributed by atoms with E-state index < -0.39 is 16.0 Å². The van der Waals surface area contributed by atoms with Crippen LogP contribution in [-0.4, -0.2) is 19.5 Å². The molecule has 2 aromatic rings. The molecular formula is C11H7Br2NO4S2. The molecular weight excluding hydrogens is 434 g/mol. The van der Waals surface area contributed by atoms with Gasteiger partial charge in [-0.15, -0.1) is 11.3 Å². The third kappa shape index (κ3) is 3.40. The molecule has 0 amide bonds. The van der Waals surface area contributed by atoms with E-state index in [1.165, 1.54) is 41.7 Å². The van der Waals surface area contributed by atoms with Gasteiger partial charge in [-0.25, -0.2) is 13.2 Å². The van der Waals surface area contributed by atoms with Crippen LogP contribution in [0.3, 0.4) is 0 Å². The number of thiophene rings is 1. The van der Waals surface area contributed by atoms with Crippen LogP contribution >= 0.6 is 43.2 Å². The first-order chi connectivity index (χ1) is 9.29. The van der Waals surface area contributed by atoms with Crippen molar-refractivity contribution in [2.75, 3.05) is 4.72 Å². The van der Waals surface area contributed by atoms with Crippen LogP contribution in [0.15, 0.2) is 42.8 Å². The number of sulfonamides is 1. The van der Waals surface area contributed by atoms with E-state index in [4.69, 9.17) is 5.11 Å². The zero-order chi connectivity index (χ0) is 14.9. The summed E-state index contributed by atoms with van der Waals surface area (Å²) in [7, 11) is -3.72. The van der Waals surface area contributed by atoms with E-state index in [1.54, 1.807) is 0 Å². The molecule has 20 heavy (non-hydrogen) atoms. The number of hydrogen-bond acceptors (Lipinski definition) is 4. The summed E-state index contributed by atoms with van der Waals surface area (Å²) in [6, 6.07) is 6.95. The maximum Gasteiger partial charge on any atom is 0.335 e. The highest BCUT2D eigenvalue weighted by Gasteiger charge is 2.20. The Morgan fingerprint density at radius 3 is 2.25 bits per heavy atom. The largest absolute Gasteiger partial charge is 0.478 e. The highest BCUT2D eigenvalue weighted by molar-refractivity contribution is 9.12. The lowest BCUT2D eigenvalue weighted by molar-refractivity contribution is 0.0697. The second-order valence-corrected chi connectivity index (χ2v) is 9.08. The van der Waals surface area contributed by atoms with Gasteiger partial charge in [0.15, 0.2) is 0 Å². The maximum atomic E-state index is 12.2. The molecule has 2 N–H and O–H groups in total. The summed E-state index contributed by atoms with van der Waals surface area (Å²) in [5.41, 5.74) is 0.386. The molecule has 0 radical (unpaired) electrons. The lowest BCUT2D eigenvalue weighted by atomic mass is 10.2. The molecule has 0 aliphatic carbocycles. The predicted molar refractivity (Wildman–Crippen MR) is 83.9 cm³/mol. The number of benzene rings is 1. The molecule has 0 fully saturated rings. The fourth-order valence-corrected chi connectivity index (χ4v) is 6.27. The fraction of sp³-hybridized carbons (Fsp3) is 0. The van der Waals surface area contributed by atoms with Crippen LogP contribution in [0.1, 0.15) is 10.4 Å². The van der Waals surface area contributed by atoms with Gasteiger partial charge in [0.05, 0.1) is 13.1 Å². The first-order valence-electron chi connectivity index (χ1n) is 5.10. The Morgan fingerprint density at radius 2 is 1.80 bits per heavy atom. The third-order valence-electron chi connectivity index (χ3n) is 2.30. The normalized spacial score (nSPS) is 11.3. The Kier molecular flexibility index (Phi) is 4.52. The molecule has 0 bridgehead atoms. The average molecular weight is 441 g/mol. The highest BCUT2D eigenvalue weighted by Crippen LogP contribution is 2.35. The van der Waals surface area contributed by atoms with Gasteiger partial charge in [-0.05, 0) is 62.2 Å². The van der Waals surface area contributed by atoms with Gasteiger partial charge in [-0.2, -0.15) is 0 Å². The Labute approximate surface area is 135 Å². The number of carbonyl (C=O) groups is 1. The van der Waals surface area contributed by atoms with Gasteiger partial charge in [0.2, 0.25) is 0 Å². The number of anilines is 1. The van der Waals surface area contributed by atoms with E-state index in [0.29, 0.717) is 13.3 Å². The zero-order valence-corrected chi connectivity index (χ0v) is 14.4.